The van der Waals surface area contributed by atoms with E-state index in [1.54, 1.807) is 4.57 Å². The molecular weight excluding hydrogens is 497 g/mol. The molecule has 0 saturated carbocycles. The highest BCUT2D eigenvalue weighted by Gasteiger charge is 2.25. The third kappa shape index (κ3) is 4.42. The molecule has 0 fully saturated rings. The minimum atomic E-state index is -0.217. The second-order valence-corrected chi connectivity index (χ2v) is 12.1. The van der Waals surface area contributed by atoms with Crippen molar-refractivity contribution in [3.8, 4) is 11.8 Å². The van der Waals surface area contributed by atoms with Gasteiger partial charge in [-0.15, -0.1) is 22.7 Å². The smallest absolute Gasteiger partial charge is 0.267 e. The fraction of sp³-hybridized carbons (Fsp3) is 0.308. The molecule has 1 aliphatic rings. The number of benzene rings is 1. The second-order valence-electron chi connectivity index (χ2n) is 8.84. The summed E-state index contributed by atoms with van der Waals surface area (Å²) in [6.07, 6.45) is 2.90. The third-order valence-corrected chi connectivity index (χ3v) is 9.60. The van der Waals surface area contributed by atoms with Crippen LogP contribution in [0.25, 0.3) is 15.9 Å². The number of carbonyl (C=O) groups is 1. The Hall–Kier alpha value is -2.93. The number of carbonyl (C=O) groups excluding carboxylic acids is 1. The molecule has 4 aromatic rings. The molecule has 1 amide bonds. The Bertz CT molecular complexity index is 1540. The van der Waals surface area contributed by atoms with E-state index in [-0.39, 0.29) is 17.2 Å². The SMILES string of the molecule is Cc1sc2nc(SCC(=O)Nc3sc4c(c3C#N)CC[C@@H](C)C4)n(-c3ccccc3)c(=O)c2c1C. The van der Waals surface area contributed by atoms with Crippen molar-refractivity contribution in [1.82, 2.24) is 9.55 Å². The van der Waals surface area contributed by atoms with Gasteiger partial charge in [0.1, 0.15) is 15.9 Å². The van der Waals surface area contributed by atoms with Crippen molar-refractivity contribution in [3.05, 3.63) is 67.1 Å². The summed E-state index contributed by atoms with van der Waals surface area (Å²) in [4.78, 5) is 34.2. The van der Waals surface area contributed by atoms with Gasteiger partial charge in [0.05, 0.1) is 22.4 Å². The fourth-order valence-electron chi connectivity index (χ4n) is 4.43. The molecule has 1 aliphatic carbocycles. The lowest BCUT2D eigenvalue weighted by molar-refractivity contribution is -0.113. The molecule has 1 N–H and O–H groups in total. The van der Waals surface area contributed by atoms with Crippen LogP contribution in [0, 0.1) is 31.1 Å². The highest BCUT2D eigenvalue weighted by atomic mass is 32.2. The number of thioether (sulfide) groups is 1. The van der Waals surface area contributed by atoms with Gasteiger partial charge in [-0.05, 0) is 62.3 Å². The minimum Gasteiger partial charge on any atom is -0.316 e. The van der Waals surface area contributed by atoms with Gasteiger partial charge in [0.2, 0.25) is 5.91 Å². The van der Waals surface area contributed by atoms with Gasteiger partial charge in [-0.1, -0.05) is 36.9 Å². The maximum atomic E-state index is 13.5. The molecule has 0 radical (unpaired) electrons. The van der Waals surface area contributed by atoms with E-state index in [0.29, 0.717) is 37.5 Å². The van der Waals surface area contributed by atoms with Crippen molar-refractivity contribution in [3.63, 3.8) is 0 Å². The summed E-state index contributed by atoms with van der Waals surface area (Å²) in [6.45, 7) is 6.15. The molecule has 0 unspecified atom stereocenters. The largest absolute Gasteiger partial charge is 0.316 e. The van der Waals surface area contributed by atoms with E-state index in [9.17, 15) is 14.9 Å². The molecule has 0 bridgehead atoms. The normalized spacial score (nSPS) is 15.1. The van der Waals surface area contributed by atoms with Gasteiger partial charge < -0.3 is 5.32 Å². The summed E-state index contributed by atoms with van der Waals surface area (Å²) in [5.74, 6) is 0.454. The average Bonchev–Trinajstić information content (AvgIpc) is 3.33. The Labute approximate surface area is 215 Å². The number of nitriles is 1. The van der Waals surface area contributed by atoms with Crippen LogP contribution in [0.5, 0.6) is 0 Å². The highest BCUT2D eigenvalue weighted by Crippen LogP contribution is 2.39. The molecular formula is C26H24N4O2S3. The van der Waals surface area contributed by atoms with E-state index in [1.165, 1.54) is 39.3 Å². The molecule has 3 heterocycles. The summed E-state index contributed by atoms with van der Waals surface area (Å²) in [5.41, 5.74) is 3.22. The zero-order valence-electron chi connectivity index (χ0n) is 19.7. The van der Waals surface area contributed by atoms with Gasteiger partial charge in [-0.3, -0.25) is 14.2 Å². The number of amides is 1. The van der Waals surface area contributed by atoms with Crippen LogP contribution in [0.4, 0.5) is 5.00 Å². The van der Waals surface area contributed by atoms with Crippen LogP contribution in [0.1, 0.15) is 39.8 Å². The molecule has 1 atom stereocenters. The molecule has 5 rings (SSSR count). The average molecular weight is 521 g/mol. The number of nitrogens with one attached hydrogen (secondary N) is 1. The Balaban J connectivity index is 1.44. The monoisotopic (exact) mass is 520 g/mol. The van der Waals surface area contributed by atoms with E-state index in [1.807, 2.05) is 44.2 Å². The predicted octanol–water partition coefficient (Wildman–Crippen LogP) is 5.85. The van der Waals surface area contributed by atoms with Crippen molar-refractivity contribution in [2.45, 2.75) is 45.2 Å². The van der Waals surface area contributed by atoms with Crippen molar-refractivity contribution in [2.75, 3.05) is 11.1 Å². The Kier molecular flexibility index (Phi) is 6.53. The molecule has 0 saturated heterocycles. The Morgan fingerprint density at radius 1 is 1.29 bits per heavy atom. The zero-order valence-corrected chi connectivity index (χ0v) is 22.1. The number of rotatable bonds is 5. The molecule has 35 heavy (non-hydrogen) atoms. The number of thiophene rings is 2. The lowest BCUT2D eigenvalue weighted by Crippen LogP contribution is -2.22. The molecule has 0 spiro atoms. The minimum absolute atomic E-state index is 0.0813. The van der Waals surface area contributed by atoms with E-state index in [0.717, 1.165) is 35.3 Å². The number of hydrogen-bond acceptors (Lipinski definition) is 7. The zero-order chi connectivity index (χ0) is 24.7. The summed E-state index contributed by atoms with van der Waals surface area (Å²) < 4.78 is 1.59. The number of para-hydroxylation sites is 1. The summed E-state index contributed by atoms with van der Waals surface area (Å²) in [5, 5.41) is 14.4. The third-order valence-electron chi connectivity index (χ3n) is 6.40. The number of nitrogens with zero attached hydrogens (tertiary/aromatic N) is 3. The second kappa shape index (κ2) is 9.61. The van der Waals surface area contributed by atoms with E-state index in [2.05, 4.69) is 18.3 Å². The standard InChI is InChI=1S/C26H24N4O2S3/c1-14-9-10-18-19(12-27)23(35-20(18)11-14)28-21(31)13-33-26-29-24-22(15(2)16(3)34-24)25(32)30(26)17-7-5-4-6-8-17/h4-8,14H,9-11,13H2,1-3H3,(H,28,31)/t14-/m1/s1. The van der Waals surface area contributed by atoms with Crippen molar-refractivity contribution in [1.29, 1.82) is 5.26 Å². The number of hydrogen-bond donors (Lipinski definition) is 1. The maximum Gasteiger partial charge on any atom is 0.267 e. The van der Waals surface area contributed by atoms with Gasteiger partial charge in [0.25, 0.3) is 5.56 Å². The first-order chi connectivity index (χ1) is 16.9. The molecule has 9 heteroatoms. The van der Waals surface area contributed by atoms with Crippen molar-refractivity contribution in [2.24, 2.45) is 5.92 Å². The van der Waals surface area contributed by atoms with Crippen molar-refractivity contribution >= 4 is 55.6 Å². The lowest BCUT2D eigenvalue weighted by Gasteiger charge is -2.17. The van der Waals surface area contributed by atoms with Crippen LogP contribution < -0.4 is 10.9 Å². The van der Waals surface area contributed by atoms with Crippen LogP contribution in [0.15, 0.2) is 40.3 Å². The van der Waals surface area contributed by atoms with E-state index < -0.39 is 0 Å². The summed E-state index contributed by atoms with van der Waals surface area (Å²) >= 11 is 4.24. The Morgan fingerprint density at radius 2 is 2.06 bits per heavy atom. The van der Waals surface area contributed by atoms with Gasteiger partial charge in [-0.25, -0.2) is 4.98 Å². The Morgan fingerprint density at radius 3 is 2.80 bits per heavy atom. The number of fused-ring (bicyclic) bond motifs is 2. The summed E-state index contributed by atoms with van der Waals surface area (Å²) in [6, 6.07) is 11.7. The van der Waals surface area contributed by atoms with E-state index in [4.69, 9.17) is 4.98 Å². The first kappa shape index (κ1) is 23.8. The van der Waals surface area contributed by atoms with Crippen LogP contribution in [0.2, 0.25) is 0 Å². The molecule has 6 nitrogen and oxygen atoms in total. The molecule has 3 aromatic heterocycles. The highest BCUT2D eigenvalue weighted by molar-refractivity contribution is 7.99. The van der Waals surface area contributed by atoms with Crippen LogP contribution in [-0.4, -0.2) is 21.2 Å². The number of aryl methyl sites for hydroxylation is 2. The first-order valence-electron chi connectivity index (χ1n) is 11.4. The van der Waals surface area contributed by atoms with Crippen molar-refractivity contribution < 1.29 is 4.79 Å². The predicted molar refractivity (Wildman–Crippen MR) is 144 cm³/mol. The molecule has 1 aromatic carbocycles. The number of anilines is 1. The lowest BCUT2D eigenvalue weighted by atomic mass is 9.89. The van der Waals surface area contributed by atoms with Crippen LogP contribution >= 0.6 is 34.4 Å². The van der Waals surface area contributed by atoms with E-state index >= 15 is 0 Å². The molecule has 0 aliphatic heterocycles. The number of aromatic nitrogens is 2. The van der Waals surface area contributed by atoms with Crippen LogP contribution in [0.3, 0.4) is 0 Å². The molecule has 178 valence electrons. The van der Waals surface area contributed by atoms with Gasteiger partial charge in [-0.2, -0.15) is 5.26 Å². The quantitative estimate of drug-likeness (QED) is 0.263. The maximum absolute atomic E-state index is 13.5. The van der Waals surface area contributed by atoms with Gasteiger partial charge >= 0.3 is 0 Å². The summed E-state index contributed by atoms with van der Waals surface area (Å²) in [7, 11) is 0. The topological polar surface area (TPSA) is 87.8 Å². The fourth-order valence-corrected chi connectivity index (χ4v) is 7.69. The van der Waals surface area contributed by atoms with Gasteiger partial charge in [0.15, 0.2) is 5.16 Å². The van der Waals surface area contributed by atoms with Gasteiger partial charge in [0, 0.05) is 9.75 Å². The van der Waals surface area contributed by atoms with Crippen LogP contribution in [-0.2, 0) is 17.6 Å². The first-order valence-corrected chi connectivity index (χ1v) is 14.0.